The Kier molecular flexibility index (Phi) is 41.8. The summed E-state index contributed by atoms with van der Waals surface area (Å²) >= 11 is 0. The standard InChI is InChI=1S/C45H83N5O14/c1-37(51)34-62-31-28-59-25-22-46-41(53)35-63-32-29-60-26-23-47-42(54)36-64-33-30-61-27-24-48-44(57)38(2)50-45(58)39(3)49-40(52)20-18-16-14-12-10-8-6-4-5-7-9-11-13-15-17-19-21-43(55)56/h38-39H,4-36H2,1-3H3,(H,46,53)(H,47,54)(H,48,57)(H,49,52)(H,50,58)(H,55,56)/t38-,39-/m0/s1. The third kappa shape index (κ3) is 43.5. The topological polar surface area (TPSA) is 255 Å². The summed E-state index contributed by atoms with van der Waals surface area (Å²) in [6.07, 6.45) is 18.9. The van der Waals surface area contributed by atoms with E-state index >= 15 is 0 Å². The highest BCUT2D eigenvalue weighted by Crippen LogP contribution is 2.14. The summed E-state index contributed by atoms with van der Waals surface area (Å²) in [4.78, 5) is 82.3. The molecule has 0 radical (unpaired) electrons. The fourth-order valence-corrected chi connectivity index (χ4v) is 6.05. The van der Waals surface area contributed by atoms with Crippen LogP contribution in [0.3, 0.4) is 0 Å². The number of hydrogen-bond donors (Lipinski definition) is 6. The maximum absolute atomic E-state index is 12.6. The van der Waals surface area contributed by atoms with Crippen LogP contribution in [-0.2, 0) is 62.0 Å². The second kappa shape index (κ2) is 44.5. The molecule has 0 heterocycles. The van der Waals surface area contributed by atoms with Crippen molar-refractivity contribution in [1.29, 1.82) is 0 Å². The Balaban J connectivity index is 3.62. The van der Waals surface area contributed by atoms with Crippen molar-refractivity contribution in [2.75, 3.05) is 98.9 Å². The number of carbonyl (C=O) groups is 7. The minimum Gasteiger partial charge on any atom is -0.481 e. The number of carboxylic acid groups (broad SMARTS) is 1. The van der Waals surface area contributed by atoms with Crippen molar-refractivity contribution in [3.8, 4) is 0 Å². The van der Waals surface area contributed by atoms with Crippen LogP contribution in [-0.4, -0.2) is 157 Å². The van der Waals surface area contributed by atoms with Crippen molar-refractivity contribution in [3.63, 3.8) is 0 Å². The highest BCUT2D eigenvalue weighted by Gasteiger charge is 2.20. The quantitative estimate of drug-likeness (QED) is 0.0480. The molecule has 19 nitrogen and oxygen atoms in total. The van der Waals surface area contributed by atoms with Gasteiger partial charge in [0.1, 0.15) is 31.9 Å². The monoisotopic (exact) mass is 918 g/mol. The largest absolute Gasteiger partial charge is 0.481 e. The first-order valence-electron chi connectivity index (χ1n) is 23.5. The highest BCUT2D eigenvalue weighted by molar-refractivity contribution is 5.91. The number of carbonyl (C=O) groups excluding carboxylic acids is 6. The molecule has 0 spiro atoms. The maximum atomic E-state index is 12.6. The predicted molar refractivity (Wildman–Crippen MR) is 241 cm³/mol. The van der Waals surface area contributed by atoms with Crippen molar-refractivity contribution >= 4 is 41.3 Å². The molecule has 64 heavy (non-hydrogen) atoms. The second-order valence-electron chi connectivity index (χ2n) is 15.8. The fraction of sp³-hybridized carbons (Fsp3) is 0.844. The minimum atomic E-state index is -0.805. The van der Waals surface area contributed by atoms with Gasteiger partial charge in [-0.3, -0.25) is 33.6 Å². The molecule has 0 aromatic rings. The van der Waals surface area contributed by atoms with E-state index in [1.807, 2.05) is 0 Å². The molecule has 0 saturated heterocycles. The van der Waals surface area contributed by atoms with Gasteiger partial charge in [-0.25, -0.2) is 0 Å². The molecule has 0 aliphatic heterocycles. The number of unbranched alkanes of at least 4 members (excludes halogenated alkanes) is 15. The third-order valence-corrected chi connectivity index (χ3v) is 9.64. The van der Waals surface area contributed by atoms with E-state index in [1.165, 1.54) is 64.7 Å². The lowest BCUT2D eigenvalue weighted by atomic mass is 10.0. The van der Waals surface area contributed by atoms with Crippen molar-refractivity contribution in [2.24, 2.45) is 0 Å². The molecule has 0 aromatic carbocycles. The molecular weight excluding hydrogens is 835 g/mol. The van der Waals surface area contributed by atoms with Crippen LogP contribution in [0.15, 0.2) is 0 Å². The SMILES string of the molecule is CC(=O)COCCOCCNC(=O)COCCOCCNC(=O)COCCOCCNC(=O)[C@H](C)NC(=O)[C@H](C)NC(=O)CCCCCCCCCCCCCCCCCCC(=O)O. The lowest BCUT2D eigenvalue weighted by molar-refractivity contribution is -0.137. The van der Waals surface area contributed by atoms with Crippen molar-refractivity contribution in [2.45, 2.75) is 148 Å². The Morgan fingerprint density at radius 3 is 1.14 bits per heavy atom. The predicted octanol–water partition coefficient (Wildman–Crippen LogP) is 3.14. The van der Waals surface area contributed by atoms with E-state index < -0.39 is 24.0 Å². The number of aliphatic carboxylic acids is 1. The van der Waals surface area contributed by atoms with E-state index in [4.69, 9.17) is 33.5 Å². The minimum absolute atomic E-state index is 0.0527. The average molecular weight is 918 g/mol. The lowest BCUT2D eigenvalue weighted by Gasteiger charge is -2.18. The average Bonchev–Trinajstić information content (AvgIpc) is 3.25. The van der Waals surface area contributed by atoms with E-state index in [-0.39, 0.29) is 108 Å². The zero-order valence-electron chi connectivity index (χ0n) is 39.2. The number of carboxylic acids is 1. The van der Waals surface area contributed by atoms with E-state index in [9.17, 15) is 33.6 Å². The molecule has 0 fully saturated rings. The first-order valence-corrected chi connectivity index (χ1v) is 23.5. The molecule has 0 aliphatic carbocycles. The molecule has 0 rings (SSSR count). The van der Waals surface area contributed by atoms with E-state index in [0.717, 1.165) is 44.9 Å². The van der Waals surface area contributed by atoms with Gasteiger partial charge < -0.3 is 60.1 Å². The molecule has 19 heteroatoms. The number of rotatable bonds is 47. The highest BCUT2D eigenvalue weighted by atomic mass is 16.5. The first-order chi connectivity index (χ1) is 30.9. The molecule has 372 valence electrons. The summed E-state index contributed by atoms with van der Waals surface area (Å²) in [6.45, 7) is 7.45. The van der Waals surface area contributed by atoms with Gasteiger partial charge in [-0.15, -0.1) is 0 Å². The smallest absolute Gasteiger partial charge is 0.303 e. The molecule has 0 aliphatic rings. The normalized spacial score (nSPS) is 12.0. The number of nitrogens with one attached hydrogen (secondary N) is 5. The number of ether oxygens (including phenoxy) is 6. The molecule has 0 aromatic heterocycles. The van der Waals surface area contributed by atoms with Crippen LogP contribution in [0.4, 0.5) is 0 Å². The van der Waals surface area contributed by atoms with Crippen LogP contribution in [0.1, 0.15) is 136 Å². The van der Waals surface area contributed by atoms with Crippen LogP contribution in [0.25, 0.3) is 0 Å². The van der Waals surface area contributed by atoms with Crippen LogP contribution < -0.4 is 26.6 Å². The lowest BCUT2D eigenvalue weighted by Crippen LogP contribution is -2.51. The van der Waals surface area contributed by atoms with Gasteiger partial charge in [0.25, 0.3) is 0 Å². The number of hydrogen-bond acceptors (Lipinski definition) is 13. The van der Waals surface area contributed by atoms with Crippen molar-refractivity contribution < 1.29 is 67.1 Å². The van der Waals surface area contributed by atoms with E-state index in [2.05, 4.69) is 26.6 Å². The van der Waals surface area contributed by atoms with Gasteiger partial charge in [-0.05, 0) is 33.6 Å². The molecule has 5 amide bonds. The Morgan fingerprint density at radius 2 is 0.734 bits per heavy atom. The summed E-state index contributed by atoms with van der Waals surface area (Å²) in [7, 11) is 0. The van der Waals surface area contributed by atoms with Gasteiger partial charge in [-0.1, -0.05) is 89.9 Å². The van der Waals surface area contributed by atoms with Gasteiger partial charge in [0.2, 0.25) is 29.5 Å². The van der Waals surface area contributed by atoms with Crippen LogP contribution >= 0.6 is 0 Å². The summed E-state index contributed by atoms with van der Waals surface area (Å²) in [6, 6.07) is -1.58. The van der Waals surface area contributed by atoms with Gasteiger partial charge >= 0.3 is 5.97 Å². The van der Waals surface area contributed by atoms with Crippen LogP contribution in [0.5, 0.6) is 0 Å². The fourth-order valence-electron chi connectivity index (χ4n) is 6.05. The Labute approximate surface area is 381 Å². The molecule has 0 bridgehead atoms. The molecule has 6 N–H and O–H groups in total. The third-order valence-electron chi connectivity index (χ3n) is 9.64. The van der Waals surface area contributed by atoms with Crippen molar-refractivity contribution in [1.82, 2.24) is 26.6 Å². The Morgan fingerprint density at radius 1 is 0.391 bits per heavy atom. The Bertz CT molecular complexity index is 1240. The maximum Gasteiger partial charge on any atom is 0.303 e. The zero-order chi connectivity index (χ0) is 47.3. The van der Waals surface area contributed by atoms with E-state index in [1.54, 1.807) is 13.8 Å². The summed E-state index contributed by atoms with van der Waals surface area (Å²) < 4.78 is 31.7. The number of Topliss-reactive ketones (excluding diaryl/α,β-unsaturated/α-hetero) is 1. The number of amides is 5. The van der Waals surface area contributed by atoms with Crippen molar-refractivity contribution in [3.05, 3.63) is 0 Å². The van der Waals surface area contributed by atoms with Gasteiger partial charge in [0, 0.05) is 32.5 Å². The molecule has 0 saturated carbocycles. The summed E-state index contributed by atoms with van der Waals surface area (Å²) in [5, 5.41) is 22.0. The van der Waals surface area contributed by atoms with Crippen LogP contribution in [0.2, 0.25) is 0 Å². The number of ketones is 1. The molecule has 0 unspecified atom stereocenters. The Hall–Kier alpha value is -3.75. The second-order valence-corrected chi connectivity index (χ2v) is 15.8. The molecule has 2 atom stereocenters. The van der Waals surface area contributed by atoms with E-state index in [0.29, 0.717) is 32.8 Å². The summed E-state index contributed by atoms with van der Waals surface area (Å²) in [5.41, 5.74) is 0. The van der Waals surface area contributed by atoms with Gasteiger partial charge in [-0.2, -0.15) is 0 Å². The zero-order valence-corrected chi connectivity index (χ0v) is 39.2. The van der Waals surface area contributed by atoms with Crippen LogP contribution in [0, 0.1) is 0 Å². The molecular formula is C45H83N5O14. The van der Waals surface area contributed by atoms with Gasteiger partial charge in [0.05, 0.1) is 59.5 Å². The summed E-state index contributed by atoms with van der Waals surface area (Å²) in [5.74, 6) is -2.37. The van der Waals surface area contributed by atoms with Gasteiger partial charge in [0.15, 0.2) is 5.78 Å². The first kappa shape index (κ1) is 60.2.